The number of aromatic nitrogens is 2. The molecule has 0 aliphatic heterocycles. The number of rotatable bonds is 6. The van der Waals surface area contributed by atoms with Gasteiger partial charge in [0, 0.05) is 12.0 Å². The molecule has 0 bridgehead atoms. The maximum absolute atomic E-state index is 11.9. The topological polar surface area (TPSA) is 112 Å². The van der Waals surface area contributed by atoms with Gasteiger partial charge in [-0.2, -0.15) is 0 Å². The zero-order valence-corrected chi connectivity index (χ0v) is 12.6. The minimum atomic E-state index is -1.20. The van der Waals surface area contributed by atoms with E-state index >= 15 is 0 Å². The van der Waals surface area contributed by atoms with Crippen molar-refractivity contribution in [2.24, 2.45) is 11.3 Å². The molecule has 7 nitrogen and oxygen atoms in total. The molecular formula is C14H21N3O4. The molecule has 116 valence electrons. The van der Waals surface area contributed by atoms with Gasteiger partial charge in [-0.05, 0) is 5.92 Å². The van der Waals surface area contributed by atoms with E-state index in [0.717, 1.165) is 12.4 Å². The predicted molar refractivity (Wildman–Crippen MR) is 76.0 cm³/mol. The molecule has 1 atom stereocenters. The lowest BCUT2D eigenvalue weighted by molar-refractivity contribution is 0.0138. The fourth-order valence-electron chi connectivity index (χ4n) is 1.96. The van der Waals surface area contributed by atoms with Crippen LogP contribution in [0.15, 0.2) is 12.4 Å². The first kappa shape index (κ1) is 17.0. The lowest BCUT2D eigenvalue weighted by Crippen LogP contribution is -2.43. The van der Waals surface area contributed by atoms with E-state index < -0.39 is 23.4 Å². The number of nitrogens with zero attached hydrogens (tertiary/aromatic N) is 2. The van der Waals surface area contributed by atoms with Gasteiger partial charge in [0.1, 0.15) is 5.69 Å². The molecule has 1 heterocycles. The van der Waals surface area contributed by atoms with Crippen LogP contribution in [0.3, 0.4) is 0 Å². The molecule has 0 aliphatic carbocycles. The molecule has 1 amide bonds. The van der Waals surface area contributed by atoms with E-state index in [4.69, 9.17) is 5.11 Å². The Balaban J connectivity index is 2.67. The second-order valence-electron chi connectivity index (χ2n) is 5.95. The molecule has 0 radical (unpaired) electrons. The third kappa shape index (κ3) is 4.49. The SMILES string of the molecule is CC(C)C(O)C(C)(C)CNC(=O)c1cnc(C(=O)O)cn1. The van der Waals surface area contributed by atoms with Gasteiger partial charge >= 0.3 is 5.97 Å². The Kier molecular flexibility index (Phi) is 5.37. The van der Waals surface area contributed by atoms with Crippen molar-refractivity contribution in [3.05, 3.63) is 23.8 Å². The fraction of sp³-hybridized carbons (Fsp3) is 0.571. The molecule has 1 aromatic heterocycles. The van der Waals surface area contributed by atoms with Gasteiger partial charge in [-0.25, -0.2) is 14.8 Å². The summed E-state index contributed by atoms with van der Waals surface area (Å²) >= 11 is 0. The maximum Gasteiger partial charge on any atom is 0.356 e. The van der Waals surface area contributed by atoms with Gasteiger partial charge in [0.25, 0.3) is 5.91 Å². The highest BCUT2D eigenvalue weighted by molar-refractivity contribution is 5.92. The lowest BCUT2D eigenvalue weighted by atomic mass is 9.80. The van der Waals surface area contributed by atoms with Crippen molar-refractivity contribution >= 4 is 11.9 Å². The molecule has 0 aliphatic rings. The molecule has 0 aromatic carbocycles. The number of carboxylic acids is 1. The number of aromatic carboxylic acids is 1. The van der Waals surface area contributed by atoms with Crippen LogP contribution in [0, 0.1) is 11.3 Å². The van der Waals surface area contributed by atoms with Crippen LogP contribution in [0.5, 0.6) is 0 Å². The van der Waals surface area contributed by atoms with E-state index in [9.17, 15) is 14.7 Å². The number of carboxylic acid groups (broad SMARTS) is 1. The highest BCUT2D eigenvalue weighted by Gasteiger charge is 2.30. The zero-order valence-electron chi connectivity index (χ0n) is 12.6. The van der Waals surface area contributed by atoms with Gasteiger partial charge in [0.05, 0.1) is 18.5 Å². The highest BCUT2D eigenvalue weighted by Crippen LogP contribution is 2.25. The minimum absolute atomic E-state index is 0.0369. The number of nitrogens with one attached hydrogen (secondary N) is 1. The molecule has 0 fully saturated rings. The van der Waals surface area contributed by atoms with Crippen molar-refractivity contribution in [1.29, 1.82) is 0 Å². The number of hydrogen-bond acceptors (Lipinski definition) is 5. The van der Waals surface area contributed by atoms with Crippen LogP contribution in [0.25, 0.3) is 0 Å². The van der Waals surface area contributed by atoms with Crippen LogP contribution in [0.2, 0.25) is 0 Å². The van der Waals surface area contributed by atoms with Crippen molar-refractivity contribution in [3.63, 3.8) is 0 Å². The summed E-state index contributed by atoms with van der Waals surface area (Å²) < 4.78 is 0. The smallest absolute Gasteiger partial charge is 0.356 e. The summed E-state index contributed by atoms with van der Waals surface area (Å²) in [6.45, 7) is 7.80. The summed E-state index contributed by atoms with van der Waals surface area (Å²) in [6, 6.07) is 0. The van der Waals surface area contributed by atoms with Crippen LogP contribution >= 0.6 is 0 Å². The molecule has 3 N–H and O–H groups in total. The molecule has 0 saturated carbocycles. The maximum atomic E-state index is 11.9. The molecule has 0 saturated heterocycles. The summed E-state index contributed by atoms with van der Waals surface area (Å²) in [5.41, 5.74) is -0.671. The standard InChI is InChI=1S/C14H21N3O4/c1-8(2)11(18)14(3,4)7-17-12(19)9-5-16-10(6-15-9)13(20)21/h5-6,8,11,18H,7H2,1-4H3,(H,17,19)(H,20,21). The van der Waals surface area contributed by atoms with E-state index in [0.29, 0.717) is 0 Å². The Labute approximate surface area is 123 Å². The number of carbonyl (C=O) groups excluding carboxylic acids is 1. The van der Waals surface area contributed by atoms with E-state index in [2.05, 4.69) is 15.3 Å². The first-order chi connectivity index (χ1) is 9.65. The highest BCUT2D eigenvalue weighted by atomic mass is 16.4. The van der Waals surface area contributed by atoms with Gasteiger partial charge in [0.15, 0.2) is 5.69 Å². The van der Waals surface area contributed by atoms with E-state index in [-0.39, 0.29) is 23.9 Å². The Morgan fingerprint density at radius 1 is 1.24 bits per heavy atom. The number of carbonyl (C=O) groups is 2. The second kappa shape index (κ2) is 6.62. The average Bonchev–Trinajstić information content (AvgIpc) is 2.43. The summed E-state index contributed by atoms with van der Waals surface area (Å²) in [7, 11) is 0. The Hall–Kier alpha value is -2.02. The Bertz CT molecular complexity index is 511. The summed E-state index contributed by atoms with van der Waals surface area (Å²) in [5.74, 6) is -1.58. The van der Waals surface area contributed by atoms with E-state index in [1.807, 2.05) is 27.7 Å². The van der Waals surface area contributed by atoms with Gasteiger partial charge in [-0.3, -0.25) is 4.79 Å². The molecule has 1 rings (SSSR count). The van der Waals surface area contributed by atoms with Crippen LogP contribution < -0.4 is 5.32 Å². The van der Waals surface area contributed by atoms with Crippen molar-refractivity contribution in [1.82, 2.24) is 15.3 Å². The number of aliphatic hydroxyl groups excluding tert-OH is 1. The lowest BCUT2D eigenvalue weighted by Gasteiger charge is -2.33. The van der Waals surface area contributed by atoms with Gasteiger partial charge in [-0.15, -0.1) is 0 Å². The molecule has 0 spiro atoms. The Morgan fingerprint density at radius 2 is 1.76 bits per heavy atom. The first-order valence-corrected chi connectivity index (χ1v) is 6.66. The van der Waals surface area contributed by atoms with Crippen molar-refractivity contribution < 1.29 is 19.8 Å². The number of aliphatic hydroxyl groups is 1. The number of amides is 1. The van der Waals surface area contributed by atoms with Crippen molar-refractivity contribution in [3.8, 4) is 0 Å². The third-order valence-electron chi connectivity index (χ3n) is 3.24. The normalized spacial score (nSPS) is 13.0. The first-order valence-electron chi connectivity index (χ1n) is 6.66. The number of hydrogen-bond donors (Lipinski definition) is 3. The summed E-state index contributed by atoms with van der Waals surface area (Å²) in [5, 5.41) is 21.5. The molecule has 7 heteroatoms. The van der Waals surface area contributed by atoms with Crippen LogP contribution in [-0.4, -0.2) is 44.7 Å². The van der Waals surface area contributed by atoms with Crippen molar-refractivity contribution in [2.45, 2.75) is 33.8 Å². The molecule has 21 heavy (non-hydrogen) atoms. The quantitative estimate of drug-likeness (QED) is 0.720. The van der Waals surface area contributed by atoms with Gasteiger partial charge in [-0.1, -0.05) is 27.7 Å². The molecular weight excluding hydrogens is 274 g/mol. The van der Waals surface area contributed by atoms with Crippen LogP contribution in [0.1, 0.15) is 48.7 Å². The minimum Gasteiger partial charge on any atom is -0.476 e. The summed E-state index contributed by atoms with van der Waals surface area (Å²) in [4.78, 5) is 30.0. The fourth-order valence-corrected chi connectivity index (χ4v) is 1.96. The van der Waals surface area contributed by atoms with Crippen LogP contribution in [-0.2, 0) is 0 Å². The zero-order chi connectivity index (χ0) is 16.2. The van der Waals surface area contributed by atoms with E-state index in [1.54, 1.807) is 0 Å². The monoisotopic (exact) mass is 295 g/mol. The largest absolute Gasteiger partial charge is 0.476 e. The second-order valence-corrected chi connectivity index (χ2v) is 5.95. The van der Waals surface area contributed by atoms with Crippen LogP contribution in [0.4, 0.5) is 0 Å². The predicted octanol–water partition coefficient (Wildman–Crippen LogP) is 0.948. The molecule has 1 unspecified atom stereocenters. The molecule has 1 aromatic rings. The Morgan fingerprint density at radius 3 is 2.19 bits per heavy atom. The summed E-state index contributed by atoms with van der Waals surface area (Å²) in [6.07, 6.45) is 1.59. The average molecular weight is 295 g/mol. The third-order valence-corrected chi connectivity index (χ3v) is 3.24. The van der Waals surface area contributed by atoms with E-state index in [1.165, 1.54) is 0 Å². The van der Waals surface area contributed by atoms with Gasteiger partial charge < -0.3 is 15.5 Å². The van der Waals surface area contributed by atoms with Gasteiger partial charge in [0.2, 0.25) is 0 Å². The van der Waals surface area contributed by atoms with Crippen molar-refractivity contribution in [2.75, 3.05) is 6.54 Å².